The average Bonchev–Trinajstić information content (AvgIpc) is 3.14. The molecule has 0 aliphatic rings. The third-order valence-electron chi connectivity index (χ3n) is 4.28. The van der Waals surface area contributed by atoms with Crippen LogP contribution >= 0.6 is 11.6 Å². The van der Waals surface area contributed by atoms with Gasteiger partial charge in [-0.15, -0.1) is 0 Å². The molecule has 1 amide bonds. The van der Waals surface area contributed by atoms with Gasteiger partial charge in [-0.2, -0.15) is 4.68 Å². The Labute approximate surface area is 167 Å². The number of carbonyl (C=O) groups is 1. The number of fused-ring (bicyclic) bond motifs is 1. The predicted octanol–water partition coefficient (Wildman–Crippen LogP) is 3.16. The number of nitrogens with zero attached hydrogens (tertiary/aromatic N) is 3. The molecule has 0 unspecified atom stereocenters. The highest BCUT2D eigenvalue weighted by molar-refractivity contribution is 6.32. The molecule has 1 heterocycles. The number of H-pyrrole nitrogens is 1. The standard InChI is InChI=1S/C19H13ClFN5O3/c1-29-17-9-15(16(8-14(17)20)26-19(28)23-24-25-26)22-18(27)12-3-2-11-7-13(21)5-4-10(11)6-12/h2-9H,1H3,(H,22,27)(H,23,25,28). The molecule has 8 nitrogen and oxygen atoms in total. The summed E-state index contributed by atoms with van der Waals surface area (Å²) >= 11 is 6.16. The van der Waals surface area contributed by atoms with Gasteiger partial charge in [0.25, 0.3) is 5.91 Å². The van der Waals surface area contributed by atoms with Crippen molar-refractivity contribution in [2.24, 2.45) is 0 Å². The summed E-state index contributed by atoms with van der Waals surface area (Å²) in [5.74, 6) is -0.500. The SMILES string of the molecule is COc1cc(NC(=O)c2ccc3cc(F)ccc3c2)c(-n2nn[nH]c2=O)cc1Cl. The Morgan fingerprint density at radius 2 is 1.93 bits per heavy atom. The third kappa shape index (κ3) is 3.55. The van der Waals surface area contributed by atoms with E-state index < -0.39 is 11.6 Å². The Balaban J connectivity index is 1.75. The number of aromatic nitrogens is 4. The van der Waals surface area contributed by atoms with E-state index in [0.29, 0.717) is 22.1 Å². The highest BCUT2D eigenvalue weighted by Gasteiger charge is 2.17. The quantitative estimate of drug-likeness (QED) is 0.535. The Morgan fingerprint density at radius 1 is 1.17 bits per heavy atom. The lowest BCUT2D eigenvalue weighted by Crippen LogP contribution is -2.20. The van der Waals surface area contributed by atoms with Gasteiger partial charge >= 0.3 is 5.69 Å². The molecular formula is C19H13ClFN5O3. The van der Waals surface area contributed by atoms with E-state index in [1.54, 1.807) is 24.3 Å². The number of hydrogen-bond acceptors (Lipinski definition) is 5. The zero-order chi connectivity index (χ0) is 20.5. The Kier molecular flexibility index (Phi) is 4.73. The molecule has 0 radical (unpaired) electrons. The van der Waals surface area contributed by atoms with Crippen molar-refractivity contribution in [3.63, 3.8) is 0 Å². The van der Waals surface area contributed by atoms with E-state index in [0.717, 1.165) is 4.68 Å². The lowest BCUT2D eigenvalue weighted by Gasteiger charge is -2.13. The van der Waals surface area contributed by atoms with Crippen LogP contribution in [0.15, 0.2) is 53.3 Å². The molecule has 0 bridgehead atoms. The molecule has 4 rings (SSSR count). The summed E-state index contributed by atoms with van der Waals surface area (Å²) in [4.78, 5) is 24.8. The molecule has 0 fully saturated rings. The molecule has 29 heavy (non-hydrogen) atoms. The molecule has 0 aliphatic heterocycles. The fourth-order valence-corrected chi connectivity index (χ4v) is 3.12. The molecule has 0 spiro atoms. The van der Waals surface area contributed by atoms with Gasteiger partial charge in [0.05, 0.1) is 23.5 Å². The van der Waals surface area contributed by atoms with Gasteiger partial charge in [0, 0.05) is 11.6 Å². The minimum absolute atomic E-state index is 0.214. The van der Waals surface area contributed by atoms with Crippen LogP contribution in [0.5, 0.6) is 5.75 Å². The summed E-state index contributed by atoms with van der Waals surface area (Å²) < 4.78 is 19.5. The van der Waals surface area contributed by atoms with E-state index in [2.05, 4.69) is 20.8 Å². The molecular weight excluding hydrogens is 401 g/mol. The Morgan fingerprint density at radius 3 is 2.66 bits per heavy atom. The molecule has 0 saturated heterocycles. The monoisotopic (exact) mass is 413 g/mol. The first kappa shape index (κ1) is 18.6. The van der Waals surface area contributed by atoms with Crippen molar-refractivity contribution in [1.29, 1.82) is 0 Å². The van der Waals surface area contributed by atoms with Crippen LogP contribution in [0.1, 0.15) is 10.4 Å². The summed E-state index contributed by atoms with van der Waals surface area (Å²) in [7, 11) is 1.43. The summed E-state index contributed by atoms with van der Waals surface area (Å²) in [6, 6.07) is 12.1. The topological polar surface area (TPSA) is 102 Å². The number of tetrazole rings is 1. The van der Waals surface area contributed by atoms with Gasteiger partial charge in [0.15, 0.2) is 0 Å². The van der Waals surface area contributed by atoms with Crippen molar-refractivity contribution in [3.8, 4) is 11.4 Å². The van der Waals surface area contributed by atoms with Crippen LogP contribution in [0.4, 0.5) is 10.1 Å². The number of aromatic amines is 1. The maximum atomic E-state index is 13.4. The number of methoxy groups -OCH3 is 1. The van der Waals surface area contributed by atoms with Crippen LogP contribution in [0.25, 0.3) is 16.5 Å². The summed E-state index contributed by atoms with van der Waals surface area (Å²) in [6.45, 7) is 0. The van der Waals surface area contributed by atoms with E-state index in [-0.39, 0.29) is 22.2 Å². The van der Waals surface area contributed by atoms with Crippen molar-refractivity contribution in [3.05, 3.63) is 75.4 Å². The van der Waals surface area contributed by atoms with Crippen LogP contribution in [-0.2, 0) is 0 Å². The largest absolute Gasteiger partial charge is 0.495 e. The minimum atomic E-state index is -0.602. The number of amides is 1. The lowest BCUT2D eigenvalue weighted by atomic mass is 10.1. The fourth-order valence-electron chi connectivity index (χ4n) is 2.88. The van der Waals surface area contributed by atoms with E-state index in [4.69, 9.17) is 16.3 Å². The number of nitrogens with one attached hydrogen (secondary N) is 2. The molecule has 0 atom stereocenters. The lowest BCUT2D eigenvalue weighted by molar-refractivity contribution is 0.102. The second-order valence-electron chi connectivity index (χ2n) is 6.08. The first-order chi connectivity index (χ1) is 14.0. The minimum Gasteiger partial charge on any atom is -0.495 e. The maximum Gasteiger partial charge on any atom is 0.365 e. The number of anilines is 1. The van der Waals surface area contributed by atoms with Crippen molar-refractivity contribution in [2.75, 3.05) is 12.4 Å². The van der Waals surface area contributed by atoms with Gasteiger partial charge in [-0.05, 0) is 51.5 Å². The first-order valence-electron chi connectivity index (χ1n) is 8.35. The van der Waals surface area contributed by atoms with Gasteiger partial charge in [0.2, 0.25) is 0 Å². The molecule has 1 aromatic heterocycles. The van der Waals surface area contributed by atoms with Crippen LogP contribution in [0, 0.1) is 5.82 Å². The van der Waals surface area contributed by atoms with Gasteiger partial charge in [0.1, 0.15) is 11.6 Å². The van der Waals surface area contributed by atoms with E-state index in [1.807, 2.05) is 0 Å². The van der Waals surface area contributed by atoms with E-state index in [1.165, 1.54) is 31.4 Å². The number of carbonyl (C=O) groups excluding carboxylic acids is 1. The van der Waals surface area contributed by atoms with Crippen LogP contribution in [0.2, 0.25) is 5.02 Å². The summed E-state index contributed by atoms with van der Waals surface area (Å²) in [5, 5.41) is 13.6. The van der Waals surface area contributed by atoms with Crippen LogP contribution in [0.3, 0.4) is 0 Å². The van der Waals surface area contributed by atoms with Crippen molar-refractivity contribution in [1.82, 2.24) is 20.2 Å². The normalized spacial score (nSPS) is 10.9. The zero-order valence-electron chi connectivity index (χ0n) is 14.9. The fraction of sp³-hybridized carbons (Fsp3) is 0.0526. The number of halogens is 2. The van der Waals surface area contributed by atoms with Crippen molar-refractivity contribution in [2.45, 2.75) is 0 Å². The van der Waals surface area contributed by atoms with Crippen molar-refractivity contribution >= 4 is 34.0 Å². The molecule has 0 aliphatic carbocycles. The van der Waals surface area contributed by atoms with Gasteiger partial charge < -0.3 is 10.1 Å². The summed E-state index contributed by atoms with van der Waals surface area (Å²) in [6.07, 6.45) is 0. The third-order valence-corrected chi connectivity index (χ3v) is 4.58. The molecule has 146 valence electrons. The Bertz CT molecular complexity index is 1300. The van der Waals surface area contributed by atoms with Crippen LogP contribution in [-0.4, -0.2) is 33.2 Å². The number of benzene rings is 3. The first-order valence-corrected chi connectivity index (χ1v) is 8.73. The molecule has 3 aromatic carbocycles. The van der Waals surface area contributed by atoms with E-state index in [9.17, 15) is 14.0 Å². The molecule has 10 heteroatoms. The average molecular weight is 414 g/mol. The maximum absolute atomic E-state index is 13.4. The molecule has 4 aromatic rings. The highest BCUT2D eigenvalue weighted by Crippen LogP contribution is 2.33. The second-order valence-corrected chi connectivity index (χ2v) is 6.49. The smallest absolute Gasteiger partial charge is 0.365 e. The van der Waals surface area contributed by atoms with E-state index >= 15 is 0 Å². The van der Waals surface area contributed by atoms with Crippen LogP contribution < -0.4 is 15.7 Å². The zero-order valence-corrected chi connectivity index (χ0v) is 15.7. The predicted molar refractivity (Wildman–Crippen MR) is 105 cm³/mol. The van der Waals surface area contributed by atoms with Crippen molar-refractivity contribution < 1.29 is 13.9 Å². The number of hydrogen-bond donors (Lipinski definition) is 2. The van der Waals surface area contributed by atoms with Gasteiger partial charge in [-0.25, -0.2) is 14.3 Å². The molecule has 0 saturated carbocycles. The Hall–Kier alpha value is -3.72. The number of rotatable bonds is 4. The van der Waals surface area contributed by atoms with Gasteiger partial charge in [-0.3, -0.25) is 4.79 Å². The second kappa shape index (κ2) is 7.36. The highest BCUT2D eigenvalue weighted by atomic mass is 35.5. The van der Waals surface area contributed by atoms with Gasteiger partial charge in [-0.1, -0.05) is 23.7 Å². The molecule has 2 N–H and O–H groups in total. The summed E-state index contributed by atoms with van der Waals surface area (Å²) in [5.41, 5.74) is 0.197. The number of ether oxygens (including phenoxy) is 1.